The van der Waals surface area contributed by atoms with Gasteiger partial charge in [-0.3, -0.25) is 10.1 Å². The van der Waals surface area contributed by atoms with Crippen LogP contribution < -0.4 is 4.74 Å². The first-order chi connectivity index (χ1) is 9.00. The summed E-state index contributed by atoms with van der Waals surface area (Å²) >= 11 is 0. The van der Waals surface area contributed by atoms with Gasteiger partial charge in [-0.1, -0.05) is 0 Å². The largest absolute Gasteiger partial charge is 0.511 e. The molecule has 7 nitrogen and oxygen atoms in total. The maximum atomic E-state index is 11.1. The van der Waals surface area contributed by atoms with Crippen LogP contribution >= 0.6 is 0 Å². The molecule has 19 heavy (non-hydrogen) atoms. The van der Waals surface area contributed by atoms with Gasteiger partial charge in [0.05, 0.1) is 11.5 Å². The van der Waals surface area contributed by atoms with E-state index in [-0.39, 0.29) is 17.4 Å². The van der Waals surface area contributed by atoms with Gasteiger partial charge in [-0.15, -0.1) is 0 Å². The average Bonchev–Trinajstić information content (AvgIpc) is 2.83. The molecule has 1 aliphatic heterocycles. The van der Waals surface area contributed by atoms with E-state index < -0.39 is 11.1 Å². The second-order valence-electron chi connectivity index (χ2n) is 4.31. The lowest BCUT2D eigenvalue weighted by molar-refractivity contribution is -0.385. The summed E-state index contributed by atoms with van der Waals surface area (Å²) in [5.74, 6) is 0.0257. The van der Waals surface area contributed by atoms with Crippen molar-refractivity contribution in [2.45, 2.75) is 19.3 Å². The predicted molar refractivity (Wildman–Crippen MR) is 64.7 cm³/mol. The normalized spacial score (nSPS) is 18.3. The van der Waals surface area contributed by atoms with Crippen molar-refractivity contribution in [1.29, 1.82) is 0 Å². The van der Waals surface area contributed by atoms with Crippen molar-refractivity contribution in [1.82, 2.24) is 0 Å². The second kappa shape index (κ2) is 5.23. The van der Waals surface area contributed by atoms with E-state index in [4.69, 9.17) is 9.84 Å². The standard InChI is InChI=1S/C12H13NO6/c1-7-10(19-12(14)15)3-2-9(13(16)17)11(7)8-4-5-18-6-8/h2-3,8H,4-6H2,1H3,(H,14,15). The highest BCUT2D eigenvalue weighted by molar-refractivity contribution is 5.64. The van der Waals surface area contributed by atoms with Crippen LogP contribution in [0, 0.1) is 17.0 Å². The lowest BCUT2D eigenvalue weighted by Gasteiger charge is -2.14. The molecular weight excluding hydrogens is 254 g/mol. The van der Waals surface area contributed by atoms with Crippen molar-refractivity contribution in [2.24, 2.45) is 0 Å². The number of nitro benzene ring substituents is 1. The maximum Gasteiger partial charge on any atom is 0.511 e. The van der Waals surface area contributed by atoms with Crippen molar-refractivity contribution in [3.63, 3.8) is 0 Å². The van der Waals surface area contributed by atoms with Crippen LogP contribution in [-0.4, -0.2) is 29.4 Å². The molecular formula is C12H13NO6. The summed E-state index contributed by atoms with van der Waals surface area (Å²) in [6, 6.07) is 2.58. The quantitative estimate of drug-likeness (QED) is 0.391. The van der Waals surface area contributed by atoms with E-state index in [1.165, 1.54) is 12.1 Å². The number of benzene rings is 1. The molecule has 1 aromatic carbocycles. The lowest BCUT2D eigenvalue weighted by Crippen LogP contribution is -2.09. The first-order valence-electron chi connectivity index (χ1n) is 5.77. The van der Waals surface area contributed by atoms with Crippen molar-refractivity contribution in [3.05, 3.63) is 33.4 Å². The number of ether oxygens (including phenoxy) is 2. The number of carboxylic acid groups (broad SMARTS) is 1. The summed E-state index contributed by atoms with van der Waals surface area (Å²) in [5, 5.41) is 19.7. The predicted octanol–water partition coefficient (Wildman–Crippen LogP) is 2.46. The van der Waals surface area contributed by atoms with Gasteiger partial charge in [0.2, 0.25) is 0 Å². The zero-order valence-electron chi connectivity index (χ0n) is 10.3. The summed E-state index contributed by atoms with van der Waals surface area (Å²) in [5.41, 5.74) is 0.957. The molecule has 0 amide bonds. The topological polar surface area (TPSA) is 98.9 Å². The molecule has 1 N–H and O–H groups in total. The summed E-state index contributed by atoms with van der Waals surface area (Å²) < 4.78 is 9.88. The van der Waals surface area contributed by atoms with E-state index >= 15 is 0 Å². The molecule has 102 valence electrons. The average molecular weight is 267 g/mol. The molecule has 0 aliphatic carbocycles. The highest BCUT2D eigenvalue weighted by Crippen LogP contribution is 2.38. The molecule has 1 unspecified atom stereocenters. The first-order valence-corrected chi connectivity index (χ1v) is 5.77. The van der Waals surface area contributed by atoms with Crippen molar-refractivity contribution in [3.8, 4) is 5.75 Å². The first kappa shape index (κ1) is 13.3. The lowest BCUT2D eigenvalue weighted by atomic mass is 9.92. The van der Waals surface area contributed by atoms with Gasteiger partial charge >= 0.3 is 6.16 Å². The van der Waals surface area contributed by atoms with Crippen LogP contribution in [0.1, 0.15) is 23.5 Å². The number of nitro groups is 1. The zero-order chi connectivity index (χ0) is 14.0. The Bertz CT molecular complexity index is 521. The summed E-state index contributed by atoms with van der Waals surface area (Å²) in [4.78, 5) is 21.2. The number of hydrogen-bond donors (Lipinski definition) is 1. The van der Waals surface area contributed by atoms with Crippen molar-refractivity contribution >= 4 is 11.8 Å². The minimum atomic E-state index is -1.44. The van der Waals surface area contributed by atoms with Gasteiger partial charge < -0.3 is 14.6 Å². The maximum absolute atomic E-state index is 11.1. The van der Waals surface area contributed by atoms with Gasteiger partial charge in [-0.05, 0) is 19.4 Å². The summed E-state index contributed by atoms with van der Waals surface area (Å²) in [6.07, 6.45) is -0.761. The van der Waals surface area contributed by atoms with Crippen LogP contribution in [0.4, 0.5) is 10.5 Å². The molecule has 1 aliphatic rings. The Balaban J connectivity index is 2.50. The highest BCUT2D eigenvalue weighted by Gasteiger charge is 2.29. The Kier molecular flexibility index (Phi) is 3.66. The monoisotopic (exact) mass is 267 g/mol. The Morgan fingerprint density at radius 1 is 1.58 bits per heavy atom. The van der Waals surface area contributed by atoms with Gasteiger partial charge in [0.1, 0.15) is 5.75 Å². The number of carbonyl (C=O) groups is 1. The molecule has 0 aromatic heterocycles. The van der Waals surface area contributed by atoms with Crippen molar-refractivity contribution in [2.75, 3.05) is 13.2 Å². The van der Waals surface area contributed by atoms with Crippen LogP contribution in [0.3, 0.4) is 0 Å². The fourth-order valence-electron chi connectivity index (χ4n) is 2.34. The van der Waals surface area contributed by atoms with Gasteiger partial charge in [0.25, 0.3) is 5.69 Å². The molecule has 1 fully saturated rings. The molecule has 7 heteroatoms. The smallest absolute Gasteiger partial charge is 0.449 e. The second-order valence-corrected chi connectivity index (χ2v) is 4.31. The zero-order valence-corrected chi connectivity index (χ0v) is 10.3. The molecule has 0 radical (unpaired) electrons. The van der Waals surface area contributed by atoms with E-state index in [2.05, 4.69) is 4.74 Å². The third kappa shape index (κ3) is 2.65. The third-order valence-electron chi connectivity index (χ3n) is 3.17. The van der Waals surface area contributed by atoms with E-state index in [0.29, 0.717) is 30.8 Å². The fourth-order valence-corrected chi connectivity index (χ4v) is 2.34. The van der Waals surface area contributed by atoms with Crippen LogP contribution in [-0.2, 0) is 4.74 Å². The Morgan fingerprint density at radius 2 is 2.32 bits per heavy atom. The molecule has 1 heterocycles. The molecule has 1 aromatic rings. The summed E-state index contributed by atoms with van der Waals surface area (Å²) in [6.45, 7) is 2.57. The van der Waals surface area contributed by atoms with E-state index in [1.807, 2.05) is 0 Å². The van der Waals surface area contributed by atoms with E-state index in [9.17, 15) is 14.9 Å². The van der Waals surface area contributed by atoms with Gasteiger partial charge in [-0.25, -0.2) is 4.79 Å². The molecule has 0 saturated carbocycles. The number of rotatable bonds is 3. The SMILES string of the molecule is Cc1c(OC(=O)O)ccc([N+](=O)[O-])c1C1CCOC1. The van der Waals surface area contributed by atoms with Crippen LogP contribution in [0.25, 0.3) is 0 Å². The summed E-state index contributed by atoms with van der Waals surface area (Å²) in [7, 11) is 0. The molecule has 1 saturated heterocycles. The molecule has 0 spiro atoms. The van der Waals surface area contributed by atoms with E-state index in [1.54, 1.807) is 6.92 Å². The van der Waals surface area contributed by atoms with Gasteiger partial charge in [0.15, 0.2) is 0 Å². The van der Waals surface area contributed by atoms with E-state index in [0.717, 1.165) is 0 Å². The minimum Gasteiger partial charge on any atom is -0.449 e. The van der Waals surface area contributed by atoms with Gasteiger partial charge in [0, 0.05) is 29.7 Å². The molecule has 0 bridgehead atoms. The molecule has 1 atom stereocenters. The Hall–Kier alpha value is -2.15. The Morgan fingerprint density at radius 3 is 2.84 bits per heavy atom. The van der Waals surface area contributed by atoms with Crippen LogP contribution in [0.15, 0.2) is 12.1 Å². The highest BCUT2D eigenvalue weighted by atomic mass is 16.7. The third-order valence-corrected chi connectivity index (χ3v) is 3.17. The van der Waals surface area contributed by atoms with Crippen LogP contribution in [0.2, 0.25) is 0 Å². The fraction of sp³-hybridized carbons (Fsp3) is 0.417. The number of hydrogen-bond acceptors (Lipinski definition) is 5. The number of nitrogens with zero attached hydrogens (tertiary/aromatic N) is 1. The Labute approximate surface area is 108 Å². The minimum absolute atomic E-state index is 0.0225. The van der Waals surface area contributed by atoms with Crippen LogP contribution in [0.5, 0.6) is 5.75 Å². The van der Waals surface area contributed by atoms with Crippen molar-refractivity contribution < 1.29 is 24.3 Å². The van der Waals surface area contributed by atoms with Gasteiger partial charge in [-0.2, -0.15) is 0 Å². The molecule has 2 rings (SSSR count).